The number of rotatable bonds is 9. The number of oxazole rings is 1. The van der Waals surface area contributed by atoms with Gasteiger partial charge in [0.05, 0.1) is 6.42 Å². The van der Waals surface area contributed by atoms with Gasteiger partial charge < -0.3 is 24.7 Å². The zero-order valence-corrected chi connectivity index (χ0v) is 23.6. The first-order chi connectivity index (χ1) is 18.2. The minimum atomic E-state index is -1.07. The van der Waals surface area contributed by atoms with Crippen LogP contribution in [-0.2, 0) is 27.1 Å². The molecule has 0 bridgehead atoms. The van der Waals surface area contributed by atoms with E-state index in [1.807, 2.05) is 42.5 Å². The number of carbonyl (C=O) groups excluding carboxylic acids is 2. The zero-order valence-electron chi connectivity index (χ0n) is 23.6. The van der Waals surface area contributed by atoms with Gasteiger partial charge in [0.2, 0.25) is 5.89 Å². The molecule has 1 heterocycles. The Hall–Kier alpha value is -3.56. The van der Waals surface area contributed by atoms with Crippen molar-refractivity contribution in [1.82, 2.24) is 4.98 Å². The minimum absolute atomic E-state index is 0.113. The van der Waals surface area contributed by atoms with Crippen molar-refractivity contribution < 1.29 is 28.6 Å². The van der Waals surface area contributed by atoms with Crippen molar-refractivity contribution in [3.8, 4) is 0 Å². The number of fused-ring (bicyclic) bond motifs is 1. The highest BCUT2D eigenvalue weighted by atomic mass is 16.6. The highest BCUT2D eigenvalue weighted by Gasteiger charge is 2.24. The first-order valence-corrected chi connectivity index (χ1v) is 13.1. The van der Waals surface area contributed by atoms with Gasteiger partial charge in [0.25, 0.3) is 0 Å². The molecule has 0 spiro atoms. The summed E-state index contributed by atoms with van der Waals surface area (Å²) in [6.45, 7) is 10.6. The molecule has 0 saturated carbocycles. The zero-order chi connectivity index (χ0) is 28.8. The van der Waals surface area contributed by atoms with Crippen LogP contribution in [0.4, 0.5) is 4.79 Å². The Morgan fingerprint density at radius 1 is 1.00 bits per heavy atom. The molecule has 3 rings (SSSR count). The number of para-hydroxylation sites is 2. The molecule has 0 aliphatic rings. The highest BCUT2D eigenvalue weighted by Crippen LogP contribution is 2.23. The number of aliphatic imine (C=N–C) groups is 1. The van der Waals surface area contributed by atoms with Crippen LogP contribution in [-0.4, -0.2) is 45.1 Å². The van der Waals surface area contributed by atoms with Gasteiger partial charge in [-0.25, -0.2) is 9.78 Å². The second-order valence-electron chi connectivity index (χ2n) is 11.6. The molecule has 0 radical (unpaired) electrons. The molecule has 0 fully saturated rings. The maximum absolute atomic E-state index is 12.5. The topological polar surface area (TPSA) is 137 Å². The molecule has 39 heavy (non-hydrogen) atoms. The van der Waals surface area contributed by atoms with Gasteiger partial charge in [-0.15, -0.1) is 0 Å². The molecule has 0 aliphatic heterocycles. The fourth-order valence-electron chi connectivity index (χ4n) is 3.93. The minimum Gasteiger partial charge on any atom is -0.460 e. The molecular weight excluding hydrogens is 498 g/mol. The van der Waals surface area contributed by atoms with Crippen LogP contribution in [0.5, 0.6) is 0 Å². The predicted octanol–water partition coefficient (Wildman–Crippen LogP) is 5.47. The van der Waals surface area contributed by atoms with Crippen LogP contribution < -0.4 is 5.73 Å². The van der Waals surface area contributed by atoms with E-state index in [2.05, 4.69) is 9.98 Å². The summed E-state index contributed by atoms with van der Waals surface area (Å²) in [5, 5.41) is 10.7. The van der Waals surface area contributed by atoms with Crippen LogP contribution in [0.15, 0.2) is 57.9 Å². The summed E-state index contributed by atoms with van der Waals surface area (Å²) in [7, 11) is 0. The van der Waals surface area contributed by atoms with Crippen LogP contribution in [0.3, 0.4) is 0 Å². The Labute approximate surface area is 229 Å². The van der Waals surface area contributed by atoms with Gasteiger partial charge in [-0.1, -0.05) is 36.4 Å². The Kier molecular flexibility index (Phi) is 9.63. The van der Waals surface area contributed by atoms with Gasteiger partial charge >= 0.3 is 12.1 Å². The molecule has 3 aromatic rings. The molecule has 9 nitrogen and oxygen atoms in total. The second-order valence-corrected chi connectivity index (χ2v) is 11.6. The molecule has 9 heteroatoms. The summed E-state index contributed by atoms with van der Waals surface area (Å²) < 4.78 is 16.4. The molecule has 1 amide bonds. The Bertz CT molecular complexity index is 1280. The fourth-order valence-corrected chi connectivity index (χ4v) is 3.93. The Morgan fingerprint density at radius 2 is 1.67 bits per heavy atom. The number of nitrogens with zero attached hydrogens (tertiary/aromatic N) is 2. The third-order valence-electron chi connectivity index (χ3n) is 5.55. The molecule has 1 aromatic heterocycles. The van der Waals surface area contributed by atoms with Crippen LogP contribution in [0.25, 0.3) is 11.1 Å². The largest absolute Gasteiger partial charge is 0.460 e. The number of aliphatic hydroxyl groups excluding tert-OH is 1. The maximum Gasteiger partial charge on any atom is 0.434 e. The number of aliphatic hydroxyl groups is 1. The van der Waals surface area contributed by atoms with Gasteiger partial charge in [0.15, 0.2) is 5.58 Å². The van der Waals surface area contributed by atoms with E-state index < -0.39 is 35.4 Å². The Morgan fingerprint density at radius 3 is 2.33 bits per heavy atom. The number of nitrogens with two attached hydrogens (primary N) is 1. The quantitative estimate of drug-likeness (QED) is 0.271. The molecule has 0 saturated heterocycles. The van der Waals surface area contributed by atoms with Crippen molar-refractivity contribution in [2.24, 2.45) is 10.7 Å². The number of hydrogen-bond acceptors (Lipinski definition) is 8. The molecule has 2 aromatic carbocycles. The first-order valence-electron chi connectivity index (χ1n) is 13.1. The van der Waals surface area contributed by atoms with E-state index in [1.165, 1.54) is 0 Å². The summed E-state index contributed by atoms with van der Waals surface area (Å²) in [4.78, 5) is 33.2. The van der Waals surface area contributed by atoms with Crippen molar-refractivity contribution >= 4 is 28.9 Å². The average Bonchev–Trinajstić information content (AvgIpc) is 3.24. The van der Waals surface area contributed by atoms with Gasteiger partial charge in [-0.3, -0.25) is 4.79 Å². The van der Waals surface area contributed by atoms with Crippen LogP contribution in [0.1, 0.15) is 77.5 Å². The van der Waals surface area contributed by atoms with E-state index in [0.29, 0.717) is 36.1 Å². The molecule has 3 N–H and O–H groups in total. The standard InChI is InChI=1S/C30H39N3O6/c1-29(2,3)38-25(34)18-21(32-28(36)39-30(4,5)6)15-14-19-10-9-11-20(16-19)17-22(31)26(35)27-33-23-12-7-8-13-24(23)37-27/h7-13,16,22,26,35H,14-15,17-18,31H2,1-6H3/t22-,26?/m0/s1. The fraction of sp³-hybridized carbons (Fsp3) is 0.467. The summed E-state index contributed by atoms with van der Waals surface area (Å²) in [6, 6.07) is 14.4. The molecule has 2 atom stereocenters. The number of aryl methyl sites for hydroxylation is 1. The molecule has 0 aliphatic carbocycles. The summed E-state index contributed by atoms with van der Waals surface area (Å²) in [5.41, 5.74) is 8.49. The predicted molar refractivity (Wildman–Crippen MR) is 150 cm³/mol. The third kappa shape index (κ3) is 9.92. The number of carbonyl (C=O) groups is 2. The lowest BCUT2D eigenvalue weighted by atomic mass is 9.98. The van der Waals surface area contributed by atoms with E-state index in [4.69, 9.17) is 19.6 Å². The highest BCUT2D eigenvalue weighted by molar-refractivity contribution is 6.03. The number of amides is 1. The first kappa shape index (κ1) is 30.0. The maximum atomic E-state index is 12.5. The van der Waals surface area contributed by atoms with Crippen molar-refractivity contribution in [1.29, 1.82) is 0 Å². The number of ether oxygens (including phenoxy) is 2. The summed E-state index contributed by atoms with van der Waals surface area (Å²) >= 11 is 0. The van der Waals surface area contributed by atoms with E-state index in [0.717, 1.165) is 11.1 Å². The second kappa shape index (κ2) is 12.5. The van der Waals surface area contributed by atoms with Crippen LogP contribution >= 0.6 is 0 Å². The number of hydrogen-bond donors (Lipinski definition) is 2. The lowest BCUT2D eigenvalue weighted by molar-refractivity contribution is -0.153. The van der Waals surface area contributed by atoms with Crippen molar-refractivity contribution in [2.75, 3.05) is 0 Å². The van der Waals surface area contributed by atoms with Gasteiger partial charge in [0.1, 0.15) is 22.8 Å². The normalized spacial score (nSPS) is 14.2. The van der Waals surface area contributed by atoms with Crippen molar-refractivity contribution in [3.05, 3.63) is 65.5 Å². The SMILES string of the molecule is CC(C)(C)OC(=O)CC(CCc1cccc(C[C@H](N)C(O)c2nc3ccccc3o2)c1)=NC(=O)OC(C)(C)C. The lowest BCUT2D eigenvalue weighted by Crippen LogP contribution is -2.30. The third-order valence-corrected chi connectivity index (χ3v) is 5.55. The van der Waals surface area contributed by atoms with Crippen LogP contribution in [0, 0.1) is 0 Å². The van der Waals surface area contributed by atoms with Crippen LogP contribution in [0.2, 0.25) is 0 Å². The molecule has 1 unspecified atom stereocenters. The molecular formula is C30H39N3O6. The summed E-state index contributed by atoms with van der Waals surface area (Å²) in [6.07, 6.45) is -0.639. The molecule has 210 valence electrons. The van der Waals surface area contributed by atoms with Crippen molar-refractivity contribution in [2.45, 2.75) is 90.6 Å². The van der Waals surface area contributed by atoms with E-state index in [1.54, 1.807) is 47.6 Å². The Balaban J connectivity index is 1.67. The number of benzene rings is 2. The van der Waals surface area contributed by atoms with Gasteiger partial charge in [0, 0.05) is 11.8 Å². The average molecular weight is 538 g/mol. The van der Waals surface area contributed by atoms with E-state index >= 15 is 0 Å². The summed E-state index contributed by atoms with van der Waals surface area (Å²) in [5.74, 6) is -0.275. The smallest absolute Gasteiger partial charge is 0.434 e. The van der Waals surface area contributed by atoms with E-state index in [-0.39, 0.29) is 12.3 Å². The van der Waals surface area contributed by atoms with Crippen molar-refractivity contribution in [3.63, 3.8) is 0 Å². The lowest BCUT2D eigenvalue weighted by Gasteiger charge is -2.20. The van der Waals surface area contributed by atoms with E-state index in [9.17, 15) is 14.7 Å². The van der Waals surface area contributed by atoms with Gasteiger partial charge in [-0.2, -0.15) is 4.99 Å². The number of aromatic nitrogens is 1. The van der Waals surface area contributed by atoms with Gasteiger partial charge in [-0.05, 0) is 84.1 Å². The monoisotopic (exact) mass is 537 g/mol. The number of esters is 1.